The van der Waals surface area contributed by atoms with E-state index in [0.717, 1.165) is 5.56 Å². The largest absolute Gasteiger partial charge is 0.465 e. The number of nitrogens with one attached hydrogen (secondary N) is 1. The van der Waals surface area contributed by atoms with Crippen molar-refractivity contribution in [2.75, 3.05) is 13.2 Å². The average molecular weight is 298 g/mol. The number of carbonyl (C=O) groups excluding carboxylic acids is 2. The van der Waals surface area contributed by atoms with Gasteiger partial charge in [0.2, 0.25) is 5.91 Å². The fourth-order valence-electron chi connectivity index (χ4n) is 1.99. The molecule has 1 aromatic rings. The molecule has 0 saturated carbocycles. The van der Waals surface area contributed by atoms with Gasteiger partial charge in [-0.25, -0.2) is 0 Å². The van der Waals surface area contributed by atoms with Crippen LogP contribution in [-0.2, 0) is 14.3 Å². The van der Waals surface area contributed by atoms with Crippen molar-refractivity contribution in [3.8, 4) is 0 Å². The molecule has 1 unspecified atom stereocenters. The number of carbonyl (C=O) groups is 2. The highest BCUT2D eigenvalue weighted by Crippen LogP contribution is 2.25. The zero-order chi connectivity index (χ0) is 15.1. The zero-order valence-electron chi connectivity index (χ0n) is 12.0. The van der Waals surface area contributed by atoms with Gasteiger partial charge in [0.1, 0.15) is 6.54 Å². The number of hydrogen-bond acceptors (Lipinski definition) is 3. The second-order valence-corrected chi connectivity index (χ2v) is 5.23. The summed E-state index contributed by atoms with van der Waals surface area (Å²) in [5.41, 5.74) is 0.880. The Morgan fingerprint density at radius 3 is 2.35 bits per heavy atom. The monoisotopic (exact) mass is 297 g/mol. The van der Waals surface area contributed by atoms with E-state index in [4.69, 9.17) is 16.3 Å². The van der Waals surface area contributed by atoms with E-state index in [1.807, 2.05) is 26.0 Å². The summed E-state index contributed by atoms with van der Waals surface area (Å²) < 4.78 is 4.78. The zero-order valence-corrected chi connectivity index (χ0v) is 12.7. The van der Waals surface area contributed by atoms with Crippen LogP contribution in [0.4, 0.5) is 0 Å². The lowest BCUT2D eigenvalue weighted by atomic mass is 9.87. The van der Waals surface area contributed by atoms with Crippen LogP contribution < -0.4 is 5.32 Å². The Morgan fingerprint density at radius 1 is 1.25 bits per heavy atom. The van der Waals surface area contributed by atoms with Crippen LogP contribution in [0.3, 0.4) is 0 Å². The molecule has 0 aliphatic heterocycles. The number of amides is 1. The molecule has 0 aliphatic rings. The lowest BCUT2D eigenvalue weighted by Gasteiger charge is -2.20. The summed E-state index contributed by atoms with van der Waals surface area (Å²) >= 11 is 5.85. The van der Waals surface area contributed by atoms with Gasteiger partial charge >= 0.3 is 5.97 Å². The van der Waals surface area contributed by atoms with Gasteiger partial charge in [-0.3, -0.25) is 9.59 Å². The van der Waals surface area contributed by atoms with Gasteiger partial charge in [-0.05, 0) is 30.5 Å². The van der Waals surface area contributed by atoms with Crippen molar-refractivity contribution in [1.29, 1.82) is 0 Å². The van der Waals surface area contributed by atoms with Crippen LogP contribution in [0.5, 0.6) is 0 Å². The number of ether oxygens (including phenoxy) is 1. The van der Waals surface area contributed by atoms with Crippen LogP contribution in [0.2, 0.25) is 5.02 Å². The first kappa shape index (κ1) is 16.5. The van der Waals surface area contributed by atoms with Gasteiger partial charge in [-0.15, -0.1) is 0 Å². The molecule has 0 aromatic heterocycles. The van der Waals surface area contributed by atoms with Gasteiger partial charge in [-0.1, -0.05) is 37.6 Å². The van der Waals surface area contributed by atoms with E-state index in [9.17, 15) is 9.59 Å². The highest BCUT2D eigenvalue weighted by molar-refractivity contribution is 6.30. The topological polar surface area (TPSA) is 55.4 Å². The van der Waals surface area contributed by atoms with Gasteiger partial charge < -0.3 is 10.1 Å². The molecule has 0 radical (unpaired) electrons. The van der Waals surface area contributed by atoms with E-state index >= 15 is 0 Å². The van der Waals surface area contributed by atoms with Crippen LogP contribution in [-0.4, -0.2) is 25.0 Å². The van der Waals surface area contributed by atoms with Crippen LogP contribution in [0.1, 0.15) is 32.3 Å². The Hall–Kier alpha value is -1.55. The third kappa shape index (κ3) is 4.85. The predicted octanol–water partition coefficient (Wildman–Crippen LogP) is 2.76. The summed E-state index contributed by atoms with van der Waals surface area (Å²) in [7, 11) is 0. The van der Waals surface area contributed by atoms with Gasteiger partial charge in [0.25, 0.3) is 0 Å². The number of benzene rings is 1. The molecule has 1 aromatic carbocycles. The van der Waals surface area contributed by atoms with E-state index in [-0.39, 0.29) is 24.3 Å². The standard InChI is InChI=1S/C15H20ClNO3/c1-4-20-13(18)9-17-15(19)14(10(2)3)11-5-7-12(16)8-6-11/h5-8,10,14H,4,9H2,1-3H3,(H,17,19). The minimum Gasteiger partial charge on any atom is -0.465 e. The summed E-state index contributed by atoms with van der Waals surface area (Å²) in [6.07, 6.45) is 0. The third-order valence-electron chi connectivity index (χ3n) is 2.89. The smallest absolute Gasteiger partial charge is 0.325 e. The van der Waals surface area contributed by atoms with Gasteiger partial charge in [0.15, 0.2) is 0 Å². The molecule has 0 saturated heterocycles. The lowest BCUT2D eigenvalue weighted by molar-refractivity contribution is -0.143. The number of esters is 1. The first-order valence-corrected chi connectivity index (χ1v) is 7.02. The fraction of sp³-hybridized carbons (Fsp3) is 0.467. The summed E-state index contributed by atoms with van der Waals surface area (Å²) in [5.74, 6) is -0.824. The van der Waals surface area contributed by atoms with Crippen LogP contribution in [0, 0.1) is 5.92 Å². The Balaban J connectivity index is 2.73. The summed E-state index contributed by atoms with van der Waals surface area (Å²) in [6.45, 7) is 5.85. The molecular formula is C15H20ClNO3. The predicted molar refractivity (Wildman–Crippen MR) is 78.7 cm³/mol. The first-order valence-electron chi connectivity index (χ1n) is 6.64. The van der Waals surface area contributed by atoms with Crippen molar-refractivity contribution < 1.29 is 14.3 Å². The average Bonchev–Trinajstić information content (AvgIpc) is 2.39. The molecule has 0 heterocycles. The van der Waals surface area contributed by atoms with Gasteiger partial charge in [-0.2, -0.15) is 0 Å². The van der Waals surface area contributed by atoms with E-state index in [1.165, 1.54) is 0 Å². The van der Waals surface area contributed by atoms with Crippen molar-refractivity contribution >= 4 is 23.5 Å². The second kappa shape index (κ2) is 7.90. The summed E-state index contributed by atoms with van der Waals surface area (Å²) in [6, 6.07) is 7.17. The van der Waals surface area contributed by atoms with Crippen molar-refractivity contribution in [3.63, 3.8) is 0 Å². The van der Waals surface area contributed by atoms with Crippen molar-refractivity contribution in [3.05, 3.63) is 34.9 Å². The number of hydrogen-bond donors (Lipinski definition) is 1. The SMILES string of the molecule is CCOC(=O)CNC(=O)C(c1ccc(Cl)cc1)C(C)C. The maximum atomic E-state index is 12.2. The molecule has 0 aliphatic carbocycles. The van der Waals surface area contributed by atoms with Crippen molar-refractivity contribution in [2.45, 2.75) is 26.7 Å². The minimum absolute atomic E-state index is 0.108. The van der Waals surface area contributed by atoms with E-state index in [0.29, 0.717) is 11.6 Å². The highest BCUT2D eigenvalue weighted by Gasteiger charge is 2.24. The second-order valence-electron chi connectivity index (χ2n) is 4.80. The van der Waals surface area contributed by atoms with Crippen molar-refractivity contribution in [1.82, 2.24) is 5.32 Å². The molecule has 110 valence electrons. The molecule has 1 amide bonds. The molecule has 1 N–H and O–H groups in total. The maximum absolute atomic E-state index is 12.2. The Bertz CT molecular complexity index is 457. The van der Waals surface area contributed by atoms with Crippen LogP contribution in [0.15, 0.2) is 24.3 Å². The Kier molecular flexibility index (Phi) is 6.52. The molecule has 1 atom stereocenters. The fourth-order valence-corrected chi connectivity index (χ4v) is 2.12. The van der Waals surface area contributed by atoms with Gasteiger partial charge in [0.05, 0.1) is 12.5 Å². The normalized spacial score (nSPS) is 12.1. The minimum atomic E-state index is -0.431. The number of halogens is 1. The van der Waals surface area contributed by atoms with Crippen LogP contribution >= 0.6 is 11.6 Å². The van der Waals surface area contributed by atoms with Crippen LogP contribution in [0.25, 0.3) is 0 Å². The van der Waals surface area contributed by atoms with E-state index < -0.39 is 5.97 Å². The van der Waals surface area contributed by atoms with E-state index in [2.05, 4.69) is 5.32 Å². The van der Waals surface area contributed by atoms with E-state index in [1.54, 1.807) is 19.1 Å². The molecule has 20 heavy (non-hydrogen) atoms. The highest BCUT2D eigenvalue weighted by atomic mass is 35.5. The van der Waals surface area contributed by atoms with Gasteiger partial charge in [0, 0.05) is 5.02 Å². The Labute approximate surface area is 124 Å². The Morgan fingerprint density at radius 2 is 1.85 bits per heavy atom. The molecular weight excluding hydrogens is 278 g/mol. The molecule has 1 rings (SSSR count). The van der Waals surface area contributed by atoms with Crippen molar-refractivity contribution in [2.24, 2.45) is 5.92 Å². The summed E-state index contributed by atoms with van der Waals surface area (Å²) in [4.78, 5) is 23.5. The quantitative estimate of drug-likeness (QED) is 0.822. The lowest BCUT2D eigenvalue weighted by Crippen LogP contribution is -2.36. The molecule has 5 heteroatoms. The maximum Gasteiger partial charge on any atom is 0.325 e. The summed E-state index contributed by atoms with van der Waals surface area (Å²) in [5, 5.41) is 3.24. The molecule has 0 spiro atoms. The third-order valence-corrected chi connectivity index (χ3v) is 3.14. The molecule has 0 bridgehead atoms. The molecule has 0 fully saturated rings. The first-order chi connectivity index (χ1) is 9.45. The number of rotatable bonds is 6. The molecule has 4 nitrogen and oxygen atoms in total.